The number of hydrogen-bond donors (Lipinski definition) is 1. The van der Waals surface area contributed by atoms with Crippen molar-refractivity contribution in [2.24, 2.45) is 5.73 Å². The molecule has 1 saturated heterocycles. The lowest BCUT2D eigenvalue weighted by Gasteiger charge is -2.28. The van der Waals surface area contributed by atoms with E-state index in [1.165, 1.54) is 0 Å². The van der Waals surface area contributed by atoms with E-state index in [0.717, 1.165) is 6.42 Å². The van der Waals surface area contributed by atoms with E-state index in [1.807, 2.05) is 20.8 Å². The fraction of sp³-hybridized carbons (Fsp3) is 0.909. The summed E-state index contributed by atoms with van der Waals surface area (Å²) < 4.78 is 10.4. The van der Waals surface area contributed by atoms with Gasteiger partial charge in [0.2, 0.25) is 0 Å². The van der Waals surface area contributed by atoms with Gasteiger partial charge in [-0.2, -0.15) is 0 Å². The number of nitrogens with two attached hydrogens (primary N) is 1. The predicted octanol–water partition coefficient (Wildman–Crippen LogP) is 0.969. The normalized spacial score (nSPS) is 25.9. The van der Waals surface area contributed by atoms with Crippen LogP contribution >= 0.6 is 0 Å². The van der Waals surface area contributed by atoms with Gasteiger partial charge >= 0.3 is 6.09 Å². The van der Waals surface area contributed by atoms with Gasteiger partial charge < -0.3 is 20.1 Å². The summed E-state index contributed by atoms with van der Waals surface area (Å²) in [5, 5.41) is 0. The highest BCUT2D eigenvalue weighted by molar-refractivity contribution is 5.69. The number of ether oxygens (including phenoxy) is 2. The maximum Gasteiger partial charge on any atom is 0.410 e. The van der Waals surface area contributed by atoms with Gasteiger partial charge in [-0.3, -0.25) is 0 Å². The minimum absolute atomic E-state index is 0.0210. The Balaban J connectivity index is 2.59. The molecule has 0 saturated carbocycles. The van der Waals surface area contributed by atoms with Crippen LogP contribution in [0.2, 0.25) is 0 Å². The van der Waals surface area contributed by atoms with Crippen LogP contribution in [0.4, 0.5) is 4.79 Å². The van der Waals surface area contributed by atoms with Gasteiger partial charge in [0.05, 0.1) is 12.6 Å². The highest BCUT2D eigenvalue weighted by Crippen LogP contribution is 2.20. The molecule has 16 heavy (non-hydrogen) atoms. The van der Waals surface area contributed by atoms with Crippen molar-refractivity contribution in [3.8, 4) is 0 Å². The van der Waals surface area contributed by atoms with E-state index >= 15 is 0 Å². The predicted molar refractivity (Wildman–Crippen MR) is 61.2 cm³/mol. The molecular formula is C11H22N2O3. The van der Waals surface area contributed by atoms with Crippen molar-refractivity contribution in [2.45, 2.75) is 44.9 Å². The van der Waals surface area contributed by atoms with Gasteiger partial charge in [0.25, 0.3) is 0 Å². The van der Waals surface area contributed by atoms with E-state index in [-0.39, 0.29) is 18.2 Å². The van der Waals surface area contributed by atoms with Crippen LogP contribution < -0.4 is 5.73 Å². The third kappa shape index (κ3) is 3.64. The topological polar surface area (TPSA) is 64.8 Å². The molecule has 0 aromatic carbocycles. The highest BCUT2D eigenvalue weighted by Gasteiger charge is 2.35. The van der Waals surface area contributed by atoms with Gasteiger partial charge in [0.1, 0.15) is 5.60 Å². The molecule has 0 radical (unpaired) electrons. The van der Waals surface area contributed by atoms with Gasteiger partial charge in [0.15, 0.2) is 0 Å². The van der Waals surface area contributed by atoms with Crippen molar-refractivity contribution < 1.29 is 14.3 Å². The fourth-order valence-corrected chi connectivity index (χ4v) is 1.85. The Morgan fingerprint density at radius 3 is 2.62 bits per heavy atom. The van der Waals surface area contributed by atoms with E-state index < -0.39 is 5.60 Å². The molecule has 0 aliphatic carbocycles. The van der Waals surface area contributed by atoms with Gasteiger partial charge in [0, 0.05) is 19.7 Å². The summed E-state index contributed by atoms with van der Waals surface area (Å²) in [5.41, 5.74) is 5.37. The average Bonchev–Trinajstić information content (AvgIpc) is 2.44. The van der Waals surface area contributed by atoms with Crippen molar-refractivity contribution in [1.82, 2.24) is 4.90 Å². The number of methoxy groups -OCH3 is 1. The molecule has 0 aromatic heterocycles. The first-order valence-electron chi connectivity index (χ1n) is 5.57. The molecule has 1 aliphatic heterocycles. The molecule has 2 unspecified atom stereocenters. The third-order valence-corrected chi connectivity index (χ3v) is 2.43. The van der Waals surface area contributed by atoms with Crippen LogP contribution in [0, 0.1) is 0 Å². The van der Waals surface area contributed by atoms with Crippen LogP contribution in [0.25, 0.3) is 0 Å². The number of nitrogens with zero attached hydrogens (tertiary/aromatic N) is 1. The zero-order valence-corrected chi connectivity index (χ0v) is 10.5. The Morgan fingerprint density at radius 2 is 2.12 bits per heavy atom. The zero-order chi connectivity index (χ0) is 12.3. The fourth-order valence-electron chi connectivity index (χ4n) is 1.85. The van der Waals surface area contributed by atoms with Gasteiger partial charge in [-0.1, -0.05) is 0 Å². The van der Waals surface area contributed by atoms with Crippen LogP contribution in [0.3, 0.4) is 0 Å². The standard InChI is InChI=1S/C11H22N2O3/c1-11(2,3)16-10(14)13-6-8(12)5-9(13)7-15-4/h8-9H,5-7,12H2,1-4H3. The Kier molecular flexibility index (Phi) is 4.15. The molecule has 5 nitrogen and oxygen atoms in total. The van der Waals surface area contributed by atoms with E-state index in [1.54, 1.807) is 12.0 Å². The van der Waals surface area contributed by atoms with Crippen molar-refractivity contribution in [1.29, 1.82) is 0 Å². The van der Waals surface area contributed by atoms with Crippen molar-refractivity contribution in [3.63, 3.8) is 0 Å². The van der Waals surface area contributed by atoms with E-state index in [0.29, 0.717) is 13.2 Å². The maximum atomic E-state index is 11.9. The Morgan fingerprint density at radius 1 is 1.50 bits per heavy atom. The molecule has 1 amide bonds. The van der Waals surface area contributed by atoms with Crippen LogP contribution in [0.15, 0.2) is 0 Å². The quantitative estimate of drug-likeness (QED) is 0.767. The zero-order valence-electron chi connectivity index (χ0n) is 10.5. The second-order valence-corrected chi connectivity index (χ2v) is 5.24. The summed E-state index contributed by atoms with van der Waals surface area (Å²) in [6.45, 7) is 6.61. The molecule has 1 rings (SSSR count). The molecule has 0 aromatic rings. The SMILES string of the molecule is COCC1CC(N)CN1C(=O)OC(C)(C)C. The van der Waals surface area contributed by atoms with Gasteiger partial charge in [-0.25, -0.2) is 4.79 Å². The molecule has 0 bridgehead atoms. The van der Waals surface area contributed by atoms with Crippen LogP contribution in [0.1, 0.15) is 27.2 Å². The van der Waals surface area contributed by atoms with E-state index in [2.05, 4.69) is 0 Å². The van der Waals surface area contributed by atoms with Gasteiger partial charge in [-0.05, 0) is 27.2 Å². The molecule has 94 valence electrons. The van der Waals surface area contributed by atoms with Crippen LogP contribution in [0.5, 0.6) is 0 Å². The third-order valence-electron chi connectivity index (χ3n) is 2.43. The molecule has 0 spiro atoms. The number of rotatable bonds is 2. The summed E-state index contributed by atoms with van der Waals surface area (Å²) in [6, 6.07) is 0.0579. The van der Waals surface area contributed by atoms with E-state index in [9.17, 15) is 4.79 Å². The van der Waals surface area contributed by atoms with E-state index in [4.69, 9.17) is 15.2 Å². The summed E-state index contributed by atoms with van der Waals surface area (Å²) in [4.78, 5) is 13.6. The Bertz CT molecular complexity index is 250. The lowest BCUT2D eigenvalue weighted by Crippen LogP contribution is -2.42. The molecule has 2 N–H and O–H groups in total. The smallest absolute Gasteiger partial charge is 0.410 e. The Labute approximate surface area is 96.9 Å². The minimum atomic E-state index is -0.471. The average molecular weight is 230 g/mol. The number of likely N-dealkylation sites (tertiary alicyclic amines) is 1. The van der Waals surface area contributed by atoms with Crippen LogP contribution in [-0.4, -0.2) is 48.9 Å². The summed E-state index contributed by atoms with van der Waals surface area (Å²) >= 11 is 0. The highest BCUT2D eigenvalue weighted by atomic mass is 16.6. The first kappa shape index (κ1) is 13.3. The minimum Gasteiger partial charge on any atom is -0.444 e. The number of carbonyl (C=O) groups is 1. The second kappa shape index (κ2) is 5.01. The number of hydrogen-bond acceptors (Lipinski definition) is 4. The maximum absolute atomic E-state index is 11.9. The van der Waals surface area contributed by atoms with Crippen molar-refractivity contribution in [3.05, 3.63) is 0 Å². The molecule has 1 heterocycles. The molecule has 1 aliphatic rings. The summed E-state index contributed by atoms with van der Waals surface area (Å²) in [6.07, 6.45) is 0.468. The molecule has 2 atom stereocenters. The number of carbonyl (C=O) groups excluding carboxylic acids is 1. The van der Waals surface area contributed by atoms with Crippen molar-refractivity contribution >= 4 is 6.09 Å². The molecule has 5 heteroatoms. The largest absolute Gasteiger partial charge is 0.444 e. The Hall–Kier alpha value is -0.810. The second-order valence-electron chi connectivity index (χ2n) is 5.24. The van der Waals surface area contributed by atoms with Crippen LogP contribution in [-0.2, 0) is 9.47 Å². The lowest BCUT2D eigenvalue weighted by atomic mass is 10.2. The first-order valence-corrected chi connectivity index (χ1v) is 5.57. The lowest BCUT2D eigenvalue weighted by molar-refractivity contribution is 0.0147. The first-order chi connectivity index (χ1) is 7.33. The summed E-state index contributed by atoms with van der Waals surface area (Å²) in [7, 11) is 1.62. The monoisotopic (exact) mass is 230 g/mol. The molecular weight excluding hydrogens is 208 g/mol. The van der Waals surface area contributed by atoms with Crippen molar-refractivity contribution in [2.75, 3.05) is 20.3 Å². The van der Waals surface area contributed by atoms with Gasteiger partial charge in [-0.15, -0.1) is 0 Å². The molecule has 1 fully saturated rings. The summed E-state index contributed by atoms with van der Waals surface area (Å²) in [5.74, 6) is 0. The number of amides is 1.